The molecule has 4 N–H and O–H groups in total. The lowest BCUT2D eigenvalue weighted by molar-refractivity contribution is 0.584. The van der Waals surface area contributed by atoms with Gasteiger partial charge >= 0.3 is 0 Å². The van der Waals surface area contributed by atoms with Gasteiger partial charge in [-0.15, -0.1) is 0 Å². The molecular weight excluding hydrogens is 274 g/mol. The fourth-order valence-electron chi connectivity index (χ4n) is 1.95. The lowest BCUT2D eigenvalue weighted by atomic mass is 10.1. The first-order chi connectivity index (χ1) is 9.40. The molecule has 20 heavy (non-hydrogen) atoms. The van der Waals surface area contributed by atoms with Gasteiger partial charge in [-0.3, -0.25) is 0 Å². The van der Waals surface area contributed by atoms with Crippen LogP contribution in [-0.4, -0.2) is 21.0 Å². The normalized spacial score (nSPS) is 13.2. The van der Waals surface area contributed by atoms with Gasteiger partial charge in [0.1, 0.15) is 0 Å². The van der Waals surface area contributed by atoms with Crippen molar-refractivity contribution in [2.24, 2.45) is 0 Å². The number of hydrogen-bond donors (Lipinski definition) is 3. The van der Waals surface area contributed by atoms with Crippen LogP contribution in [0.2, 0.25) is 0 Å². The molecule has 0 aliphatic rings. The Kier molecular flexibility index (Phi) is 6.29. The van der Waals surface area contributed by atoms with E-state index in [0.717, 1.165) is 19.3 Å². The third-order valence-corrected chi connectivity index (χ3v) is 4.61. The van der Waals surface area contributed by atoms with E-state index < -0.39 is 10.0 Å². The number of sulfonamides is 1. The molecule has 0 aliphatic heterocycles. The predicted octanol–water partition coefficient (Wildman–Crippen LogP) is 2.56. The Labute approximate surface area is 122 Å². The number of unbranched alkanes of at least 4 members (excludes halogenated alkanes) is 1. The summed E-state index contributed by atoms with van der Waals surface area (Å²) in [5.41, 5.74) is 7.14. The van der Waals surface area contributed by atoms with Gasteiger partial charge in [0.2, 0.25) is 10.0 Å². The zero-order valence-electron chi connectivity index (χ0n) is 12.4. The van der Waals surface area contributed by atoms with Gasteiger partial charge in [0, 0.05) is 12.6 Å². The summed E-state index contributed by atoms with van der Waals surface area (Å²) < 4.78 is 26.4. The molecule has 5 nitrogen and oxygen atoms in total. The number of benzene rings is 1. The van der Waals surface area contributed by atoms with Crippen molar-refractivity contribution in [3.05, 3.63) is 18.2 Å². The van der Waals surface area contributed by atoms with Crippen molar-refractivity contribution < 1.29 is 8.42 Å². The fraction of sp³-hybridized carbons (Fsp3) is 0.571. The van der Waals surface area contributed by atoms with Crippen LogP contribution in [0.5, 0.6) is 0 Å². The SMILES string of the molecule is CCCCC(C)Nc1cc(S(=O)(=O)NCC)ccc1N. The smallest absolute Gasteiger partial charge is 0.240 e. The minimum absolute atomic E-state index is 0.235. The first kappa shape index (κ1) is 16.8. The van der Waals surface area contributed by atoms with Crippen LogP contribution in [0.4, 0.5) is 11.4 Å². The number of nitrogen functional groups attached to an aromatic ring is 1. The van der Waals surface area contributed by atoms with Gasteiger partial charge in [0.25, 0.3) is 0 Å². The molecule has 0 aromatic heterocycles. The minimum atomic E-state index is -3.45. The molecule has 0 fully saturated rings. The standard InChI is InChI=1S/C14H25N3O2S/c1-4-6-7-11(3)17-14-10-12(8-9-13(14)15)20(18,19)16-5-2/h8-11,16-17H,4-7,15H2,1-3H3. The van der Waals surface area contributed by atoms with Gasteiger partial charge in [-0.05, 0) is 31.5 Å². The molecule has 6 heteroatoms. The zero-order valence-corrected chi connectivity index (χ0v) is 13.3. The second-order valence-corrected chi connectivity index (χ2v) is 6.70. The number of nitrogens with one attached hydrogen (secondary N) is 2. The fourth-order valence-corrected chi connectivity index (χ4v) is 3.02. The Morgan fingerprint density at radius 3 is 2.60 bits per heavy atom. The molecule has 0 heterocycles. The first-order valence-corrected chi connectivity index (χ1v) is 8.54. The molecular formula is C14H25N3O2S. The van der Waals surface area contributed by atoms with Crippen LogP contribution < -0.4 is 15.8 Å². The summed E-state index contributed by atoms with van der Waals surface area (Å²) in [6.45, 7) is 6.33. The van der Waals surface area contributed by atoms with Gasteiger partial charge in [-0.25, -0.2) is 13.1 Å². The number of nitrogens with two attached hydrogens (primary N) is 1. The largest absolute Gasteiger partial charge is 0.397 e. The third kappa shape index (κ3) is 4.68. The maximum atomic E-state index is 12.0. The monoisotopic (exact) mass is 299 g/mol. The highest BCUT2D eigenvalue weighted by molar-refractivity contribution is 7.89. The molecule has 0 amide bonds. The van der Waals surface area contributed by atoms with Gasteiger partial charge in [0.15, 0.2) is 0 Å². The van der Waals surface area contributed by atoms with E-state index in [1.54, 1.807) is 19.1 Å². The average molecular weight is 299 g/mol. The van der Waals surface area contributed by atoms with Crippen LogP contribution >= 0.6 is 0 Å². The van der Waals surface area contributed by atoms with Crippen LogP contribution in [0.1, 0.15) is 40.0 Å². The van der Waals surface area contributed by atoms with E-state index in [1.807, 2.05) is 0 Å². The lowest BCUT2D eigenvalue weighted by Gasteiger charge is -2.17. The number of hydrogen-bond acceptors (Lipinski definition) is 4. The van der Waals surface area contributed by atoms with Crippen molar-refractivity contribution in [3.8, 4) is 0 Å². The predicted molar refractivity (Wildman–Crippen MR) is 84.3 cm³/mol. The molecule has 1 unspecified atom stereocenters. The van der Waals surface area contributed by atoms with E-state index in [2.05, 4.69) is 23.9 Å². The maximum Gasteiger partial charge on any atom is 0.240 e. The van der Waals surface area contributed by atoms with Crippen molar-refractivity contribution in [3.63, 3.8) is 0 Å². The van der Waals surface area contributed by atoms with Crippen molar-refractivity contribution in [1.29, 1.82) is 0 Å². The van der Waals surface area contributed by atoms with E-state index in [9.17, 15) is 8.42 Å². The van der Waals surface area contributed by atoms with Crippen molar-refractivity contribution in [2.75, 3.05) is 17.6 Å². The van der Waals surface area contributed by atoms with Crippen LogP contribution in [0, 0.1) is 0 Å². The molecule has 114 valence electrons. The second kappa shape index (κ2) is 7.50. The topological polar surface area (TPSA) is 84.2 Å². The first-order valence-electron chi connectivity index (χ1n) is 7.06. The molecule has 0 radical (unpaired) electrons. The Bertz CT molecular complexity index is 529. The van der Waals surface area contributed by atoms with Gasteiger partial charge in [-0.2, -0.15) is 0 Å². The van der Waals surface area contributed by atoms with Crippen LogP contribution in [0.3, 0.4) is 0 Å². The highest BCUT2D eigenvalue weighted by atomic mass is 32.2. The van der Waals surface area contributed by atoms with E-state index in [0.29, 0.717) is 17.9 Å². The van der Waals surface area contributed by atoms with E-state index >= 15 is 0 Å². The van der Waals surface area contributed by atoms with Crippen molar-refractivity contribution in [2.45, 2.75) is 51.0 Å². The molecule has 0 saturated carbocycles. The summed E-state index contributed by atoms with van der Waals surface area (Å²) in [6, 6.07) is 5.00. The molecule has 0 spiro atoms. The van der Waals surface area contributed by atoms with E-state index in [-0.39, 0.29) is 10.9 Å². The minimum Gasteiger partial charge on any atom is -0.397 e. The summed E-state index contributed by atoms with van der Waals surface area (Å²) in [5.74, 6) is 0. The second-order valence-electron chi connectivity index (χ2n) is 4.94. The van der Waals surface area contributed by atoms with Gasteiger partial charge < -0.3 is 11.1 Å². The Hall–Kier alpha value is -1.27. The van der Waals surface area contributed by atoms with Gasteiger partial charge in [0.05, 0.1) is 16.3 Å². The molecule has 1 rings (SSSR count). The molecule has 1 atom stereocenters. The van der Waals surface area contributed by atoms with Crippen molar-refractivity contribution >= 4 is 21.4 Å². The molecule has 0 saturated heterocycles. The third-order valence-electron chi connectivity index (χ3n) is 3.06. The van der Waals surface area contributed by atoms with Crippen LogP contribution in [-0.2, 0) is 10.0 Å². The highest BCUT2D eigenvalue weighted by Gasteiger charge is 2.15. The van der Waals surface area contributed by atoms with E-state index in [1.165, 1.54) is 6.07 Å². The highest BCUT2D eigenvalue weighted by Crippen LogP contribution is 2.24. The number of rotatable bonds is 8. The summed E-state index contributed by atoms with van der Waals surface area (Å²) in [5, 5.41) is 3.28. The van der Waals surface area contributed by atoms with Crippen LogP contribution in [0.15, 0.2) is 23.1 Å². The lowest BCUT2D eigenvalue weighted by Crippen LogP contribution is -2.23. The summed E-state index contributed by atoms with van der Waals surface area (Å²) in [7, 11) is -3.45. The van der Waals surface area contributed by atoms with E-state index in [4.69, 9.17) is 5.73 Å². The zero-order chi connectivity index (χ0) is 15.2. The summed E-state index contributed by atoms with van der Waals surface area (Å²) in [6.07, 6.45) is 3.29. The number of anilines is 2. The molecule has 0 aliphatic carbocycles. The summed E-state index contributed by atoms with van der Waals surface area (Å²) in [4.78, 5) is 0.235. The van der Waals surface area contributed by atoms with Crippen molar-refractivity contribution in [1.82, 2.24) is 4.72 Å². The van der Waals surface area contributed by atoms with Crippen LogP contribution in [0.25, 0.3) is 0 Å². The van der Waals surface area contributed by atoms with Gasteiger partial charge in [-0.1, -0.05) is 26.7 Å². The Morgan fingerprint density at radius 2 is 2.00 bits per heavy atom. The molecule has 1 aromatic rings. The Balaban J connectivity index is 2.92. The Morgan fingerprint density at radius 1 is 1.30 bits per heavy atom. The quantitative estimate of drug-likeness (QED) is 0.644. The summed E-state index contributed by atoms with van der Waals surface area (Å²) >= 11 is 0. The molecule has 1 aromatic carbocycles. The molecule has 0 bridgehead atoms. The maximum absolute atomic E-state index is 12.0. The average Bonchev–Trinajstić information content (AvgIpc) is 2.38.